The zero-order valence-corrected chi connectivity index (χ0v) is 20.1. The number of fused-ring (bicyclic) bond motifs is 1. The fourth-order valence-electron chi connectivity index (χ4n) is 3.85. The van der Waals surface area contributed by atoms with Crippen LogP contribution in [0.3, 0.4) is 0 Å². The maximum atomic E-state index is 9.72. The van der Waals surface area contributed by atoms with Gasteiger partial charge >= 0.3 is 0 Å². The Kier molecular flexibility index (Phi) is 6.79. The SMILES string of the molecule is Cc1cccn2cc(CNc3nc(-c4cccc(OCC(O)CN)c4)nc(NC4CC4)c3C=N)nc12. The highest BCUT2D eigenvalue weighted by atomic mass is 16.5. The molecule has 10 heteroatoms. The van der Waals surface area contributed by atoms with E-state index in [-0.39, 0.29) is 13.2 Å². The molecular formula is C26H30N8O2. The maximum absolute atomic E-state index is 9.72. The summed E-state index contributed by atoms with van der Waals surface area (Å²) in [5.74, 6) is 2.26. The van der Waals surface area contributed by atoms with Gasteiger partial charge in [0, 0.05) is 36.8 Å². The fourth-order valence-corrected chi connectivity index (χ4v) is 3.85. The van der Waals surface area contributed by atoms with Crippen LogP contribution in [0.1, 0.15) is 29.7 Å². The summed E-state index contributed by atoms with van der Waals surface area (Å²) in [4.78, 5) is 14.3. The smallest absolute Gasteiger partial charge is 0.164 e. The number of anilines is 2. The van der Waals surface area contributed by atoms with E-state index in [2.05, 4.69) is 10.6 Å². The molecule has 1 fully saturated rings. The van der Waals surface area contributed by atoms with Gasteiger partial charge in [-0.3, -0.25) is 0 Å². The molecule has 1 aliphatic carbocycles. The van der Waals surface area contributed by atoms with Crippen LogP contribution in [0.25, 0.3) is 17.0 Å². The molecule has 1 atom stereocenters. The number of nitrogens with two attached hydrogens (primary N) is 1. The standard InChI is InChI=1S/C26H30N8O2/c1-16-4-3-9-34-14-19(31-26(16)34)13-29-24-22(12-28)25(30-18-7-8-18)33-23(32-24)17-5-2-6-21(10-17)36-15-20(35)11-27/h2-6,9-10,12,14,18,20,28,35H,7-8,11,13,15,27H2,1H3,(H2,29,30,32,33). The fraction of sp³-hybridized carbons (Fsp3) is 0.308. The molecule has 5 rings (SSSR count). The Hall–Kier alpha value is -4.02. The first-order chi connectivity index (χ1) is 17.5. The summed E-state index contributed by atoms with van der Waals surface area (Å²) in [5.41, 5.74) is 9.72. The predicted molar refractivity (Wildman–Crippen MR) is 140 cm³/mol. The summed E-state index contributed by atoms with van der Waals surface area (Å²) in [7, 11) is 0. The van der Waals surface area contributed by atoms with Crippen molar-refractivity contribution in [2.24, 2.45) is 5.73 Å². The normalized spacial score (nSPS) is 14.0. The molecular weight excluding hydrogens is 456 g/mol. The Morgan fingerprint density at radius 2 is 2.06 bits per heavy atom. The van der Waals surface area contributed by atoms with Gasteiger partial charge < -0.3 is 36.0 Å². The number of rotatable bonds is 11. The summed E-state index contributed by atoms with van der Waals surface area (Å²) >= 11 is 0. The molecule has 1 unspecified atom stereocenters. The Labute approximate surface area is 209 Å². The Morgan fingerprint density at radius 3 is 2.81 bits per heavy atom. The van der Waals surface area contributed by atoms with Crippen molar-refractivity contribution in [3.63, 3.8) is 0 Å². The van der Waals surface area contributed by atoms with Crippen LogP contribution >= 0.6 is 0 Å². The van der Waals surface area contributed by atoms with Crippen molar-refractivity contribution in [1.82, 2.24) is 19.4 Å². The number of benzene rings is 1. The molecule has 0 aliphatic heterocycles. The maximum Gasteiger partial charge on any atom is 0.164 e. The number of aromatic nitrogens is 4. The lowest BCUT2D eigenvalue weighted by Crippen LogP contribution is -2.26. The topological polar surface area (TPSA) is 146 Å². The Balaban J connectivity index is 1.45. The molecule has 1 saturated carbocycles. The van der Waals surface area contributed by atoms with Crippen LogP contribution in [-0.4, -0.2) is 56.0 Å². The number of nitrogens with one attached hydrogen (secondary N) is 3. The van der Waals surface area contributed by atoms with Gasteiger partial charge in [0.2, 0.25) is 0 Å². The molecule has 0 spiro atoms. The van der Waals surface area contributed by atoms with Crippen molar-refractivity contribution in [3.8, 4) is 17.1 Å². The second-order valence-corrected chi connectivity index (χ2v) is 8.96. The number of imidazole rings is 1. The van der Waals surface area contributed by atoms with Gasteiger partial charge in [0.05, 0.1) is 17.8 Å². The van der Waals surface area contributed by atoms with Crippen molar-refractivity contribution >= 4 is 23.5 Å². The highest BCUT2D eigenvalue weighted by Crippen LogP contribution is 2.31. The minimum Gasteiger partial charge on any atom is -0.491 e. The van der Waals surface area contributed by atoms with Gasteiger partial charge in [-0.05, 0) is 43.5 Å². The van der Waals surface area contributed by atoms with E-state index in [4.69, 9.17) is 30.8 Å². The van der Waals surface area contributed by atoms with Crippen molar-refractivity contribution in [1.29, 1.82) is 5.41 Å². The number of aryl methyl sites for hydroxylation is 1. The summed E-state index contributed by atoms with van der Waals surface area (Å²) in [6, 6.07) is 11.8. The van der Waals surface area contributed by atoms with Crippen LogP contribution in [-0.2, 0) is 6.54 Å². The lowest BCUT2D eigenvalue weighted by atomic mass is 10.2. The highest BCUT2D eigenvalue weighted by molar-refractivity contribution is 5.91. The molecule has 6 N–H and O–H groups in total. The third-order valence-electron chi connectivity index (χ3n) is 5.98. The molecule has 0 amide bonds. The van der Waals surface area contributed by atoms with E-state index in [1.807, 2.05) is 60.1 Å². The van der Waals surface area contributed by atoms with Gasteiger partial charge in [0.25, 0.3) is 0 Å². The number of hydrogen-bond acceptors (Lipinski definition) is 9. The van der Waals surface area contributed by atoms with E-state index in [1.165, 1.54) is 6.21 Å². The highest BCUT2D eigenvalue weighted by Gasteiger charge is 2.24. The van der Waals surface area contributed by atoms with Gasteiger partial charge in [0.15, 0.2) is 5.82 Å². The van der Waals surface area contributed by atoms with E-state index in [1.54, 1.807) is 0 Å². The van der Waals surface area contributed by atoms with Crippen LogP contribution in [0.5, 0.6) is 5.75 Å². The van der Waals surface area contributed by atoms with Crippen LogP contribution in [0.2, 0.25) is 0 Å². The summed E-state index contributed by atoms with van der Waals surface area (Å²) in [6.45, 7) is 2.72. The van der Waals surface area contributed by atoms with Crippen molar-refractivity contribution in [2.75, 3.05) is 23.8 Å². The average molecular weight is 487 g/mol. The van der Waals surface area contributed by atoms with Gasteiger partial charge in [-0.25, -0.2) is 15.0 Å². The van der Waals surface area contributed by atoms with E-state index in [0.29, 0.717) is 41.4 Å². The monoisotopic (exact) mass is 486 g/mol. The van der Waals surface area contributed by atoms with E-state index >= 15 is 0 Å². The van der Waals surface area contributed by atoms with E-state index < -0.39 is 6.10 Å². The molecule has 0 radical (unpaired) electrons. The summed E-state index contributed by atoms with van der Waals surface area (Å²) in [5, 5.41) is 24.6. The van der Waals surface area contributed by atoms with E-state index in [0.717, 1.165) is 35.3 Å². The average Bonchev–Trinajstić information content (AvgIpc) is 3.61. The van der Waals surface area contributed by atoms with Crippen LogP contribution in [0.4, 0.5) is 11.6 Å². The zero-order valence-electron chi connectivity index (χ0n) is 20.1. The lowest BCUT2D eigenvalue weighted by molar-refractivity contribution is 0.114. The molecule has 3 aromatic heterocycles. The minimum absolute atomic E-state index is 0.104. The van der Waals surface area contributed by atoms with Gasteiger partial charge in [0.1, 0.15) is 35.7 Å². The third-order valence-corrected chi connectivity index (χ3v) is 5.98. The predicted octanol–water partition coefficient (Wildman–Crippen LogP) is 2.98. The third kappa shape index (κ3) is 5.29. The second-order valence-electron chi connectivity index (χ2n) is 8.96. The Bertz CT molecular complexity index is 1380. The number of aliphatic hydroxyl groups is 1. The van der Waals surface area contributed by atoms with Gasteiger partial charge in [-0.15, -0.1) is 0 Å². The van der Waals surface area contributed by atoms with Crippen LogP contribution in [0.15, 0.2) is 48.8 Å². The number of hydrogen-bond donors (Lipinski definition) is 5. The first-order valence-electron chi connectivity index (χ1n) is 12.0. The van der Waals surface area contributed by atoms with Crippen molar-refractivity contribution < 1.29 is 9.84 Å². The molecule has 3 heterocycles. The Morgan fingerprint density at radius 1 is 1.22 bits per heavy atom. The first kappa shape index (κ1) is 23.7. The largest absolute Gasteiger partial charge is 0.491 e. The number of aliphatic hydroxyl groups excluding tert-OH is 1. The van der Waals surface area contributed by atoms with E-state index in [9.17, 15) is 5.11 Å². The van der Waals surface area contributed by atoms with Crippen LogP contribution < -0.4 is 21.1 Å². The van der Waals surface area contributed by atoms with Crippen molar-refractivity contribution in [3.05, 3.63) is 65.6 Å². The number of ether oxygens (including phenoxy) is 1. The lowest BCUT2D eigenvalue weighted by Gasteiger charge is -2.15. The zero-order chi connectivity index (χ0) is 25.1. The molecule has 10 nitrogen and oxygen atoms in total. The minimum atomic E-state index is -0.731. The van der Waals surface area contributed by atoms with Crippen molar-refractivity contribution in [2.45, 2.75) is 38.5 Å². The summed E-state index contributed by atoms with van der Waals surface area (Å²) < 4.78 is 7.68. The number of nitrogens with zero attached hydrogens (tertiary/aromatic N) is 4. The first-order valence-corrected chi connectivity index (χ1v) is 12.0. The quantitative estimate of drug-likeness (QED) is 0.203. The second kappa shape index (κ2) is 10.3. The molecule has 36 heavy (non-hydrogen) atoms. The molecule has 186 valence electrons. The molecule has 0 saturated heterocycles. The molecule has 1 aliphatic rings. The van der Waals surface area contributed by atoms with Gasteiger partial charge in [-0.2, -0.15) is 0 Å². The summed E-state index contributed by atoms with van der Waals surface area (Å²) in [6.07, 6.45) is 6.66. The van der Waals surface area contributed by atoms with Gasteiger partial charge in [-0.1, -0.05) is 18.2 Å². The molecule has 1 aromatic carbocycles. The molecule has 4 aromatic rings. The number of pyridine rings is 1. The molecule has 0 bridgehead atoms. The van der Waals surface area contributed by atoms with Crippen LogP contribution in [0, 0.1) is 12.3 Å².